The van der Waals surface area contributed by atoms with E-state index in [0.717, 1.165) is 34.8 Å². The molecule has 3 rings (SSSR count). The van der Waals surface area contributed by atoms with Gasteiger partial charge in [0.25, 0.3) is 0 Å². The van der Waals surface area contributed by atoms with E-state index >= 15 is 0 Å². The van der Waals surface area contributed by atoms with E-state index in [1.165, 1.54) is 5.56 Å². The topological polar surface area (TPSA) is 56.8 Å². The predicted molar refractivity (Wildman–Crippen MR) is 105 cm³/mol. The molecule has 0 bridgehead atoms. The fourth-order valence-corrected chi connectivity index (χ4v) is 3.24. The molecule has 0 spiro atoms. The fraction of sp³-hybridized carbons (Fsp3) is 0.409. The third kappa shape index (κ3) is 4.94. The second-order valence-corrected chi connectivity index (χ2v) is 6.76. The zero-order valence-electron chi connectivity index (χ0n) is 16.2. The lowest BCUT2D eigenvalue weighted by molar-refractivity contribution is -0.121. The SMILES string of the molecule is CCOc1cc2c(cc1CNC(=O)CCc1ccc(OC)cc1)O[C@@H](C)C2. The number of nitrogens with one attached hydrogen (secondary N) is 1. The average molecular weight is 369 g/mol. The number of hydrogen-bond acceptors (Lipinski definition) is 4. The number of benzene rings is 2. The van der Waals surface area contributed by atoms with Gasteiger partial charge in [0.1, 0.15) is 23.4 Å². The van der Waals surface area contributed by atoms with Gasteiger partial charge in [0, 0.05) is 30.5 Å². The van der Waals surface area contributed by atoms with Crippen molar-refractivity contribution in [1.82, 2.24) is 5.32 Å². The highest BCUT2D eigenvalue weighted by molar-refractivity contribution is 5.76. The van der Waals surface area contributed by atoms with Crippen LogP contribution in [0.2, 0.25) is 0 Å². The lowest BCUT2D eigenvalue weighted by Crippen LogP contribution is -2.23. The lowest BCUT2D eigenvalue weighted by Gasteiger charge is -2.13. The van der Waals surface area contributed by atoms with Gasteiger partial charge < -0.3 is 19.5 Å². The van der Waals surface area contributed by atoms with Crippen LogP contribution in [0.15, 0.2) is 36.4 Å². The van der Waals surface area contributed by atoms with E-state index in [0.29, 0.717) is 26.0 Å². The monoisotopic (exact) mass is 369 g/mol. The van der Waals surface area contributed by atoms with Crippen molar-refractivity contribution in [3.05, 3.63) is 53.1 Å². The summed E-state index contributed by atoms with van der Waals surface area (Å²) in [5.41, 5.74) is 3.23. The summed E-state index contributed by atoms with van der Waals surface area (Å²) in [6, 6.07) is 11.8. The van der Waals surface area contributed by atoms with E-state index in [-0.39, 0.29) is 12.0 Å². The third-order valence-corrected chi connectivity index (χ3v) is 4.65. The number of aryl methyl sites for hydroxylation is 1. The highest BCUT2D eigenvalue weighted by Crippen LogP contribution is 2.35. The summed E-state index contributed by atoms with van der Waals surface area (Å²) in [6.45, 7) is 5.04. The lowest BCUT2D eigenvalue weighted by atomic mass is 10.1. The number of fused-ring (bicyclic) bond motifs is 1. The molecule has 0 radical (unpaired) electrons. The number of hydrogen-bond donors (Lipinski definition) is 1. The van der Waals surface area contributed by atoms with Crippen LogP contribution in [0.3, 0.4) is 0 Å². The smallest absolute Gasteiger partial charge is 0.220 e. The minimum absolute atomic E-state index is 0.0167. The first kappa shape index (κ1) is 19.1. The number of carbonyl (C=O) groups excluding carboxylic acids is 1. The van der Waals surface area contributed by atoms with E-state index in [2.05, 4.69) is 12.2 Å². The van der Waals surface area contributed by atoms with Gasteiger partial charge in [-0.05, 0) is 50.1 Å². The molecule has 0 aliphatic carbocycles. The molecule has 1 N–H and O–H groups in total. The van der Waals surface area contributed by atoms with Crippen LogP contribution in [0.5, 0.6) is 17.2 Å². The van der Waals surface area contributed by atoms with Crippen LogP contribution in [-0.2, 0) is 24.2 Å². The van der Waals surface area contributed by atoms with Crippen molar-refractivity contribution in [2.45, 2.75) is 45.8 Å². The van der Waals surface area contributed by atoms with E-state index in [1.54, 1.807) is 7.11 Å². The first-order valence-corrected chi connectivity index (χ1v) is 9.44. The predicted octanol–water partition coefficient (Wildman–Crippen LogP) is 3.67. The maximum Gasteiger partial charge on any atom is 0.220 e. The van der Waals surface area contributed by atoms with Crippen molar-refractivity contribution in [1.29, 1.82) is 0 Å². The van der Waals surface area contributed by atoms with Gasteiger partial charge in [-0.15, -0.1) is 0 Å². The minimum Gasteiger partial charge on any atom is -0.497 e. The second-order valence-electron chi connectivity index (χ2n) is 6.76. The number of ether oxygens (including phenoxy) is 3. The zero-order chi connectivity index (χ0) is 19.2. The van der Waals surface area contributed by atoms with Gasteiger partial charge in [-0.1, -0.05) is 12.1 Å². The zero-order valence-corrected chi connectivity index (χ0v) is 16.2. The summed E-state index contributed by atoms with van der Waals surface area (Å²) in [6.07, 6.45) is 2.21. The molecule has 1 amide bonds. The molecule has 27 heavy (non-hydrogen) atoms. The Kier molecular flexibility index (Phi) is 6.22. The molecule has 0 saturated heterocycles. The maximum absolute atomic E-state index is 12.3. The van der Waals surface area contributed by atoms with Crippen LogP contribution in [0.4, 0.5) is 0 Å². The highest BCUT2D eigenvalue weighted by atomic mass is 16.5. The van der Waals surface area contributed by atoms with Crippen LogP contribution in [-0.4, -0.2) is 25.7 Å². The Hall–Kier alpha value is -2.69. The van der Waals surface area contributed by atoms with Crippen LogP contribution >= 0.6 is 0 Å². The molecule has 0 fully saturated rings. The molecule has 1 aliphatic heterocycles. The highest BCUT2D eigenvalue weighted by Gasteiger charge is 2.22. The summed E-state index contributed by atoms with van der Waals surface area (Å²) >= 11 is 0. The summed E-state index contributed by atoms with van der Waals surface area (Å²) in [4.78, 5) is 12.3. The minimum atomic E-state index is 0.0167. The van der Waals surface area contributed by atoms with Crippen molar-refractivity contribution in [2.24, 2.45) is 0 Å². The van der Waals surface area contributed by atoms with Crippen LogP contribution in [0.1, 0.15) is 37.0 Å². The molecule has 1 heterocycles. The van der Waals surface area contributed by atoms with Gasteiger partial charge in [0.05, 0.1) is 13.7 Å². The summed E-state index contributed by atoms with van der Waals surface area (Å²) in [5, 5.41) is 2.99. The Labute approximate surface area is 160 Å². The third-order valence-electron chi connectivity index (χ3n) is 4.65. The van der Waals surface area contributed by atoms with Crippen LogP contribution < -0.4 is 19.5 Å². The number of carbonyl (C=O) groups is 1. The molecule has 144 valence electrons. The average Bonchev–Trinajstić information content (AvgIpc) is 3.04. The molecule has 1 atom stereocenters. The van der Waals surface area contributed by atoms with E-state index in [9.17, 15) is 4.79 Å². The molecular weight excluding hydrogens is 342 g/mol. The normalized spacial score (nSPS) is 15.0. The molecule has 1 aliphatic rings. The maximum atomic E-state index is 12.3. The van der Waals surface area contributed by atoms with Gasteiger partial charge >= 0.3 is 0 Å². The van der Waals surface area contributed by atoms with Crippen molar-refractivity contribution in [2.75, 3.05) is 13.7 Å². The summed E-state index contributed by atoms with van der Waals surface area (Å²) in [7, 11) is 1.64. The Balaban J connectivity index is 1.57. The molecule has 0 saturated carbocycles. The van der Waals surface area contributed by atoms with Gasteiger partial charge in [0.15, 0.2) is 0 Å². The first-order chi connectivity index (χ1) is 13.1. The quantitative estimate of drug-likeness (QED) is 0.771. The van der Waals surface area contributed by atoms with Crippen molar-refractivity contribution in [3.8, 4) is 17.2 Å². The summed E-state index contributed by atoms with van der Waals surface area (Å²) in [5.74, 6) is 2.56. The van der Waals surface area contributed by atoms with Crippen LogP contribution in [0, 0.1) is 0 Å². The molecule has 2 aromatic rings. The van der Waals surface area contributed by atoms with E-state index in [4.69, 9.17) is 14.2 Å². The molecule has 0 aromatic heterocycles. The van der Waals surface area contributed by atoms with Gasteiger partial charge in [0.2, 0.25) is 5.91 Å². The summed E-state index contributed by atoms with van der Waals surface area (Å²) < 4.78 is 16.7. The molecule has 2 aromatic carbocycles. The largest absolute Gasteiger partial charge is 0.497 e. The number of methoxy groups -OCH3 is 1. The van der Waals surface area contributed by atoms with Crippen molar-refractivity contribution in [3.63, 3.8) is 0 Å². The van der Waals surface area contributed by atoms with Crippen molar-refractivity contribution >= 4 is 5.91 Å². The van der Waals surface area contributed by atoms with Gasteiger partial charge in [-0.2, -0.15) is 0 Å². The Morgan fingerprint density at radius 3 is 2.74 bits per heavy atom. The molecule has 5 nitrogen and oxygen atoms in total. The Bertz CT molecular complexity index is 786. The van der Waals surface area contributed by atoms with Crippen molar-refractivity contribution < 1.29 is 19.0 Å². The number of rotatable bonds is 8. The first-order valence-electron chi connectivity index (χ1n) is 9.44. The van der Waals surface area contributed by atoms with Gasteiger partial charge in [-0.25, -0.2) is 0 Å². The Morgan fingerprint density at radius 1 is 1.26 bits per heavy atom. The van der Waals surface area contributed by atoms with Crippen LogP contribution in [0.25, 0.3) is 0 Å². The fourth-order valence-electron chi connectivity index (χ4n) is 3.24. The van der Waals surface area contributed by atoms with E-state index < -0.39 is 0 Å². The number of amides is 1. The molecule has 0 unspecified atom stereocenters. The van der Waals surface area contributed by atoms with E-state index in [1.807, 2.05) is 43.3 Å². The molecular formula is C22H27NO4. The molecule has 5 heteroatoms. The standard InChI is InChI=1S/C22H27NO4/c1-4-26-20-12-17-11-15(2)27-21(17)13-18(20)14-23-22(24)10-7-16-5-8-19(25-3)9-6-16/h5-6,8-9,12-13,15H,4,7,10-11,14H2,1-3H3,(H,23,24)/t15-/m0/s1. The Morgan fingerprint density at radius 2 is 2.04 bits per heavy atom. The second kappa shape index (κ2) is 8.80. The van der Waals surface area contributed by atoms with Gasteiger partial charge in [-0.3, -0.25) is 4.79 Å².